The number of nitrogens with zero attached hydrogens (tertiary/aromatic N) is 1. The van der Waals surface area contributed by atoms with Crippen molar-refractivity contribution < 1.29 is 19.1 Å². The van der Waals surface area contributed by atoms with Crippen LogP contribution < -0.4 is 19.7 Å². The zero-order valence-electron chi connectivity index (χ0n) is 19.5. The smallest absolute Gasteiger partial charge is 0.270 e. The summed E-state index contributed by atoms with van der Waals surface area (Å²) in [6.45, 7) is 3.81. The molecule has 6 nitrogen and oxygen atoms in total. The highest BCUT2D eigenvalue weighted by atomic mass is 32.2. The van der Waals surface area contributed by atoms with Gasteiger partial charge in [-0.2, -0.15) is 0 Å². The number of rotatable bonds is 7. The summed E-state index contributed by atoms with van der Waals surface area (Å²) >= 11 is 6.77. The molecule has 1 aliphatic heterocycles. The molecule has 4 rings (SSSR count). The molecular formula is C27H24N2O4S2. The molecule has 1 aliphatic rings. The first kappa shape index (κ1) is 24.5. The van der Waals surface area contributed by atoms with Gasteiger partial charge >= 0.3 is 0 Å². The summed E-state index contributed by atoms with van der Waals surface area (Å²) < 4.78 is 11.6. The molecular weight excluding hydrogens is 480 g/mol. The molecule has 1 N–H and O–H groups in total. The van der Waals surface area contributed by atoms with E-state index in [2.05, 4.69) is 5.32 Å². The van der Waals surface area contributed by atoms with Gasteiger partial charge < -0.3 is 14.8 Å². The van der Waals surface area contributed by atoms with Gasteiger partial charge in [0.25, 0.3) is 11.8 Å². The number of para-hydroxylation sites is 1. The van der Waals surface area contributed by atoms with E-state index in [0.29, 0.717) is 26.4 Å². The fourth-order valence-electron chi connectivity index (χ4n) is 3.64. The second kappa shape index (κ2) is 10.8. The molecule has 8 heteroatoms. The largest absolute Gasteiger partial charge is 0.493 e. The van der Waals surface area contributed by atoms with Crippen LogP contribution in [0.1, 0.15) is 16.7 Å². The van der Waals surface area contributed by atoms with Gasteiger partial charge in [0.1, 0.15) is 0 Å². The first-order valence-corrected chi connectivity index (χ1v) is 12.1. The lowest BCUT2D eigenvalue weighted by Crippen LogP contribution is -2.28. The van der Waals surface area contributed by atoms with Gasteiger partial charge in [-0.25, -0.2) is 0 Å². The standard InChI is InChI=1S/C27H24N2O4S2/c1-17-9-11-21(18(2)13-17)29-26(31)24(35-27(29)34)15-19-10-12-22(23(14-19)32-3)33-16-25(30)28-20-7-5-4-6-8-20/h4-15H,16H2,1-3H3,(H,28,30). The first-order chi connectivity index (χ1) is 16.9. The van der Waals surface area contributed by atoms with Crippen molar-refractivity contribution in [3.8, 4) is 11.5 Å². The summed E-state index contributed by atoms with van der Waals surface area (Å²) in [5, 5.41) is 2.77. The van der Waals surface area contributed by atoms with Gasteiger partial charge in [0, 0.05) is 5.69 Å². The van der Waals surface area contributed by atoms with E-state index >= 15 is 0 Å². The first-order valence-electron chi connectivity index (χ1n) is 10.9. The van der Waals surface area contributed by atoms with Crippen molar-refractivity contribution in [2.75, 3.05) is 23.9 Å². The number of carbonyl (C=O) groups excluding carboxylic acids is 2. The third-order valence-electron chi connectivity index (χ3n) is 5.29. The maximum Gasteiger partial charge on any atom is 0.270 e. The molecule has 3 aromatic rings. The number of anilines is 2. The number of hydrogen-bond acceptors (Lipinski definition) is 6. The average Bonchev–Trinajstić information content (AvgIpc) is 3.11. The normalized spacial score (nSPS) is 14.4. The van der Waals surface area contributed by atoms with Crippen LogP contribution >= 0.6 is 24.0 Å². The summed E-state index contributed by atoms with van der Waals surface area (Å²) in [6, 6.07) is 20.3. The van der Waals surface area contributed by atoms with Crippen molar-refractivity contribution in [2.45, 2.75) is 13.8 Å². The fraction of sp³-hybridized carbons (Fsp3) is 0.148. The molecule has 0 spiro atoms. The van der Waals surface area contributed by atoms with Gasteiger partial charge in [-0.15, -0.1) is 0 Å². The van der Waals surface area contributed by atoms with Crippen LogP contribution in [0.25, 0.3) is 6.08 Å². The van der Waals surface area contributed by atoms with Gasteiger partial charge in [0.15, 0.2) is 22.4 Å². The van der Waals surface area contributed by atoms with Gasteiger partial charge in [-0.05, 0) is 61.4 Å². The van der Waals surface area contributed by atoms with Crippen molar-refractivity contribution in [1.82, 2.24) is 0 Å². The highest BCUT2D eigenvalue weighted by Crippen LogP contribution is 2.38. The highest BCUT2D eigenvalue weighted by Gasteiger charge is 2.34. The zero-order valence-corrected chi connectivity index (χ0v) is 21.2. The highest BCUT2D eigenvalue weighted by molar-refractivity contribution is 8.27. The number of nitrogens with one attached hydrogen (secondary N) is 1. The lowest BCUT2D eigenvalue weighted by atomic mass is 10.1. The number of ether oxygens (including phenoxy) is 2. The molecule has 0 aromatic heterocycles. The molecule has 0 saturated carbocycles. The van der Waals surface area contributed by atoms with Crippen LogP contribution in [0.3, 0.4) is 0 Å². The summed E-state index contributed by atoms with van der Waals surface area (Å²) in [4.78, 5) is 27.4. The lowest BCUT2D eigenvalue weighted by molar-refractivity contribution is -0.118. The molecule has 0 unspecified atom stereocenters. The molecule has 0 bridgehead atoms. The number of carbonyl (C=O) groups is 2. The van der Waals surface area contributed by atoms with Crippen molar-refractivity contribution >= 4 is 57.6 Å². The molecule has 0 aliphatic carbocycles. The summed E-state index contributed by atoms with van der Waals surface area (Å²) in [5.41, 5.74) is 4.35. The zero-order chi connectivity index (χ0) is 24.9. The molecule has 1 fully saturated rings. The lowest BCUT2D eigenvalue weighted by Gasteiger charge is -2.17. The van der Waals surface area contributed by atoms with E-state index in [-0.39, 0.29) is 18.4 Å². The minimum absolute atomic E-state index is 0.163. The molecule has 178 valence electrons. The van der Waals surface area contributed by atoms with Gasteiger partial charge in [-0.1, -0.05) is 65.9 Å². The van der Waals surface area contributed by atoms with Gasteiger partial charge in [0.2, 0.25) is 0 Å². The summed E-state index contributed by atoms with van der Waals surface area (Å²) in [6.07, 6.45) is 1.78. The number of thioether (sulfide) groups is 1. The molecule has 2 amide bonds. The SMILES string of the molecule is COc1cc(C=C2SC(=S)N(c3ccc(C)cc3C)C2=O)ccc1OCC(=O)Nc1ccccc1. The Morgan fingerprint density at radius 3 is 2.54 bits per heavy atom. The number of amides is 2. The minimum atomic E-state index is -0.280. The Morgan fingerprint density at radius 1 is 1.06 bits per heavy atom. The molecule has 1 heterocycles. The van der Waals surface area contributed by atoms with E-state index < -0.39 is 0 Å². The van der Waals surface area contributed by atoms with E-state index in [1.54, 1.807) is 41.3 Å². The van der Waals surface area contributed by atoms with Crippen LogP contribution in [-0.4, -0.2) is 29.9 Å². The van der Waals surface area contributed by atoms with Crippen LogP contribution in [0, 0.1) is 13.8 Å². The van der Waals surface area contributed by atoms with E-state index in [1.165, 1.54) is 18.9 Å². The molecule has 0 radical (unpaired) electrons. The van der Waals surface area contributed by atoms with Crippen molar-refractivity contribution in [3.05, 3.63) is 88.3 Å². The maximum atomic E-state index is 13.2. The fourth-order valence-corrected chi connectivity index (χ4v) is 4.92. The van der Waals surface area contributed by atoms with E-state index in [1.807, 2.05) is 50.2 Å². The van der Waals surface area contributed by atoms with Crippen LogP contribution in [0.4, 0.5) is 11.4 Å². The third kappa shape index (κ3) is 5.72. The molecule has 35 heavy (non-hydrogen) atoms. The van der Waals surface area contributed by atoms with Gasteiger partial charge in [0.05, 0.1) is 17.7 Å². The van der Waals surface area contributed by atoms with Crippen LogP contribution in [0.15, 0.2) is 71.6 Å². The monoisotopic (exact) mass is 504 g/mol. The molecule has 3 aromatic carbocycles. The second-order valence-electron chi connectivity index (χ2n) is 7.92. The van der Waals surface area contributed by atoms with Crippen molar-refractivity contribution in [1.29, 1.82) is 0 Å². The number of thiocarbonyl (C=S) groups is 1. The second-order valence-corrected chi connectivity index (χ2v) is 9.60. The Kier molecular flexibility index (Phi) is 7.53. The molecule has 0 atom stereocenters. The summed E-state index contributed by atoms with van der Waals surface area (Å²) in [5.74, 6) is 0.438. The van der Waals surface area contributed by atoms with Crippen molar-refractivity contribution in [2.24, 2.45) is 0 Å². The third-order valence-corrected chi connectivity index (χ3v) is 6.59. The number of methoxy groups -OCH3 is 1. The van der Waals surface area contributed by atoms with Gasteiger partial charge in [-0.3, -0.25) is 14.5 Å². The van der Waals surface area contributed by atoms with Crippen LogP contribution in [-0.2, 0) is 9.59 Å². The Labute approximate surface area is 213 Å². The Morgan fingerprint density at radius 2 is 1.83 bits per heavy atom. The summed E-state index contributed by atoms with van der Waals surface area (Å²) in [7, 11) is 1.52. The quantitative estimate of drug-likeness (QED) is 0.327. The Balaban J connectivity index is 1.47. The maximum absolute atomic E-state index is 13.2. The Hall–Kier alpha value is -3.62. The average molecular weight is 505 g/mol. The van der Waals surface area contributed by atoms with E-state index in [4.69, 9.17) is 21.7 Å². The number of aryl methyl sites for hydroxylation is 2. The van der Waals surface area contributed by atoms with Crippen LogP contribution in [0.5, 0.6) is 11.5 Å². The number of benzene rings is 3. The van der Waals surface area contributed by atoms with E-state index in [0.717, 1.165) is 22.4 Å². The van der Waals surface area contributed by atoms with Crippen molar-refractivity contribution in [3.63, 3.8) is 0 Å². The number of hydrogen-bond donors (Lipinski definition) is 1. The van der Waals surface area contributed by atoms with E-state index in [9.17, 15) is 9.59 Å². The predicted molar refractivity (Wildman–Crippen MR) is 145 cm³/mol. The minimum Gasteiger partial charge on any atom is -0.493 e. The topological polar surface area (TPSA) is 67.9 Å². The Bertz CT molecular complexity index is 1320. The molecule has 1 saturated heterocycles. The predicted octanol–water partition coefficient (Wildman–Crippen LogP) is 5.74. The van der Waals surface area contributed by atoms with Crippen LogP contribution in [0.2, 0.25) is 0 Å².